The van der Waals surface area contributed by atoms with Crippen molar-refractivity contribution >= 4 is 29.9 Å². The van der Waals surface area contributed by atoms with Crippen LogP contribution in [-0.2, 0) is 16.2 Å². The van der Waals surface area contributed by atoms with Crippen molar-refractivity contribution in [1.29, 1.82) is 0 Å². The topological polar surface area (TPSA) is 122 Å². The highest BCUT2D eigenvalue weighted by Crippen LogP contribution is 2.17. The molecule has 1 aliphatic rings. The molecule has 1 saturated heterocycles. The molecule has 4 amide bonds. The van der Waals surface area contributed by atoms with Gasteiger partial charge in [0.25, 0.3) is 11.8 Å². The summed E-state index contributed by atoms with van der Waals surface area (Å²) in [7, 11) is 0. The molecule has 8 nitrogen and oxygen atoms in total. The average Bonchev–Trinajstić information content (AvgIpc) is 2.64. The molecule has 0 aliphatic carbocycles. The third-order valence-electron chi connectivity index (χ3n) is 3.74. The molecule has 3 rings (SSSR count). The Morgan fingerprint density at radius 3 is 2.07 bits per heavy atom. The lowest BCUT2D eigenvalue weighted by Gasteiger charge is -2.14. The van der Waals surface area contributed by atoms with E-state index in [2.05, 4.69) is 0 Å². The first-order valence-corrected chi connectivity index (χ1v) is 7.86. The number of rotatable bonds is 5. The molecule has 8 heteroatoms. The predicted octanol–water partition coefficient (Wildman–Crippen LogP) is 1.71. The summed E-state index contributed by atoms with van der Waals surface area (Å²) in [6.45, 7) is 0.257. The summed E-state index contributed by atoms with van der Waals surface area (Å²) in [5.74, 6) is -1.94. The molecular formula is C19H14N2O6. The fourth-order valence-corrected chi connectivity index (χ4v) is 2.34. The Labute approximate surface area is 153 Å². The summed E-state index contributed by atoms with van der Waals surface area (Å²) in [5, 5.41) is 12.9. The molecule has 0 radical (unpaired) electrons. The van der Waals surface area contributed by atoms with Crippen molar-refractivity contribution in [3.63, 3.8) is 0 Å². The molecule has 1 heterocycles. The first kappa shape index (κ1) is 17.9. The smallest absolute Gasteiger partial charge is 0.335 e. The van der Waals surface area contributed by atoms with Crippen molar-refractivity contribution < 1.29 is 29.0 Å². The number of aromatic carboxylic acids is 1. The van der Waals surface area contributed by atoms with E-state index in [0.29, 0.717) is 11.3 Å². The van der Waals surface area contributed by atoms with Crippen LogP contribution in [0.15, 0.2) is 54.1 Å². The van der Waals surface area contributed by atoms with Gasteiger partial charge < -0.3 is 9.84 Å². The largest absolute Gasteiger partial charge is 0.489 e. The van der Waals surface area contributed by atoms with E-state index >= 15 is 0 Å². The van der Waals surface area contributed by atoms with Crippen LogP contribution in [0.25, 0.3) is 6.08 Å². The SMILES string of the molecule is O=C1NC(=O)C(=Cc2ccc(OCc3ccc(C(=O)O)cc3)cc2)C(=O)N1. The van der Waals surface area contributed by atoms with E-state index in [1.54, 1.807) is 36.4 Å². The normalized spacial score (nSPS) is 13.6. The second-order valence-corrected chi connectivity index (χ2v) is 5.66. The Kier molecular flexibility index (Phi) is 4.98. The summed E-state index contributed by atoms with van der Waals surface area (Å²) >= 11 is 0. The molecule has 0 bridgehead atoms. The zero-order valence-corrected chi connectivity index (χ0v) is 13.9. The lowest BCUT2D eigenvalue weighted by Crippen LogP contribution is -2.51. The van der Waals surface area contributed by atoms with Gasteiger partial charge in [0.1, 0.15) is 17.9 Å². The lowest BCUT2D eigenvalue weighted by atomic mass is 10.1. The first-order valence-electron chi connectivity index (χ1n) is 7.86. The number of carboxylic acid groups (broad SMARTS) is 1. The second-order valence-electron chi connectivity index (χ2n) is 5.66. The Bertz CT molecular complexity index is 923. The molecule has 2 aromatic rings. The number of hydrogen-bond acceptors (Lipinski definition) is 5. The molecular weight excluding hydrogens is 352 g/mol. The molecule has 0 saturated carbocycles. The number of ether oxygens (including phenoxy) is 1. The van der Waals surface area contributed by atoms with Gasteiger partial charge in [-0.2, -0.15) is 0 Å². The first-order chi connectivity index (χ1) is 12.9. The van der Waals surface area contributed by atoms with Crippen LogP contribution in [0, 0.1) is 0 Å². The van der Waals surface area contributed by atoms with Gasteiger partial charge in [-0.05, 0) is 41.5 Å². The number of imide groups is 2. The van der Waals surface area contributed by atoms with Gasteiger partial charge in [-0.25, -0.2) is 9.59 Å². The van der Waals surface area contributed by atoms with Crippen LogP contribution in [0.1, 0.15) is 21.5 Å². The average molecular weight is 366 g/mol. The molecule has 2 aromatic carbocycles. The van der Waals surface area contributed by atoms with Crippen LogP contribution in [0.3, 0.4) is 0 Å². The Morgan fingerprint density at radius 1 is 0.926 bits per heavy atom. The Morgan fingerprint density at radius 2 is 1.52 bits per heavy atom. The van der Waals surface area contributed by atoms with Gasteiger partial charge in [0.05, 0.1) is 5.56 Å². The number of carbonyl (C=O) groups is 4. The molecule has 136 valence electrons. The maximum absolute atomic E-state index is 11.7. The Hall–Kier alpha value is -3.94. The van der Waals surface area contributed by atoms with Gasteiger partial charge in [-0.15, -0.1) is 0 Å². The number of benzene rings is 2. The van der Waals surface area contributed by atoms with E-state index in [-0.39, 0.29) is 17.7 Å². The van der Waals surface area contributed by atoms with E-state index in [9.17, 15) is 19.2 Å². The van der Waals surface area contributed by atoms with Crippen LogP contribution < -0.4 is 15.4 Å². The summed E-state index contributed by atoms with van der Waals surface area (Å²) < 4.78 is 5.62. The fourth-order valence-electron chi connectivity index (χ4n) is 2.34. The van der Waals surface area contributed by atoms with E-state index in [1.807, 2.05) is 10.6 Å². The minimum atomic E-state index is -0.989. The highest BCUT2D eigenvalue weighted by atomic mass is 16.5. The van der Waals surface area contributed by atoms with Crippen LogP contribution in [0.2, 0.25) is 0 Å². The zero-order valence-electron chi connectivity index (χ0n) is 13.9. The summed E-state index contributed by atoms with van der Waals surface area (Å²) in [5.41, 5.74) is 1.43. The van der Waals surface area contributed by atoms with Crippen molar-refractivity contribution in [2.45, 2.75) is 6.61 Å². The van der Waals surface area contributed by atoms with Crippen LogP contribution in [-0.4, -0.2) is 28.9 Å². The lowest BCUT2D eigenvalue weighted by molar-refractivity contribution is -0.123. The van der Waals surface area contributed by atoms with E-state index in [0.717, 1.165) is 5.56 Å². The van der Waals surface area contributed by atoms with Gasteiger partial charge in [0.2, 0.25) is 0 Å². The number of hydrogen-bond donors (Lipinski definition) is 3. The maximum Gasteiger partial charge on any atom is 0.335 e. The van der Waals surface area contributed by atoms with Crippen molar-refractivity contribution in [3.8, 4) is 5.75 Å². The predicted molar refractivity (Wildman–Crippen MR) is 93.8 cm³/mol. The number of urea groups is 1. The van der Waals surface area contributed by atoms with Gasteiger partial charge >= 0.3 is 12.0 Å². The van der Waals surface area contributed by atoms with Crippen molar-refractivity contribution in [2.24, 2.45) is 0 Å². The zero-order chi connectivity index (χ0) is 19.4. The minimum Gasteiger partial charge on any atom is -0.489 e. The monoisotopic (exact) mass is 366 g/mol. The van der Waals surface area contributed by atoms with Crippen molar-refractivity contribution in [2.75, 3.05) is 0 Å². The molecule has 27 heavy (non-hydrogen) atoms. The van der Waals surface area contributed by atoms with E-state index in [4.69, 9.17) is 9.84 Å². The van der Waals surface area contributed by atoms with E-state index < -0.39 is 23.8 Å². The number of nitrogens with one attached hydrogen (secondary N) is 2. The van der Waals surface area contributed by atoms with E-state index in [1.165, 1.54) is 18.2 Å². The second kappa shape index (κ2) is 7.52. The molecule has 1 fully saturated rings. The molecule has 3 N–H and O–H groups in total. The highest BCUT2D eigenvalue weighted by Gasteiger charge is 2.27. The van der Waals surface area contributed by atoms with Crippen LogP contribution in [0.5, 0.6) is 5.75 Å². The molecule has 0 aromatic heterocycles. The quantitative estimate of drug-likeness (QED) is 0.547. The van der Waals surface area contributed by atoms with Crippen LogP contribution in [0.4, 0.5) is 4.79 Å². The van der Waals surface area contributed by atoms with Crippen molar-refractivity contribution in [3.05, 3.63) is 70.8 Å². The molecule has 0 spiro atoms. The summed E-state index contributed by atoms with van der Waals surface area (Å²) in [6.07, 6.45) is 1.37. The molecule has 1 aliphatic heterocycles. The molecule has 0 atom stereocenters. The standard InChI is InChI=1S/C19H14N2O6/c22-16-15(17(23)21-19(26)20-16)9-11-3-7-14(8-4-11)27-10-12-1-5-13(6-2-12)18(24)25/h1-9H,10H2,(H,24,25)(H2,20,21,22,23,26). The van der Waals surface area contributed by atoms with Gasteiger partial charge in [0.15, 0.2) is 0 Å². The summed E-state index contributed by atoms with van der Waals surface area (Å²) in [4.78, 5) is 45.2. The Balaban J connectivity index is 1.64. The molecule has 0 unspecified atom stereocenters. The fraction of sp³-hybridized carbons (Fsp3) is 0.0526. The number of barbiturate groups is 1. The third-order valence-corrected chi connectivity index (χ3v) is 3.74. The van der Waals surface area contributed by atoms with Gasteiger partial charge in [-0.3, -0.25) is 20.2 Å². The highest BCUT2D eigenvalue weighted by molar-refractivity contribution is 6.31. The van der Waals surface area contributed by atoms with Crippen LogP contribution >= 0.6 is 0 Å². The number of amides is 4. The third kappa shape index (κ3) is 4.37. The van der Waals surface area contributed by atoms with Gasteiger partial charge in [-0.1, -0.05) is 24.3 Å². The van der Waals surface area contributed by atoms with Crippen molar-refractivity contribution in [1.82, 2.24) is 10.6 Å². The van der Waals surface area contributed by atoms with Gasteiger partial charge in [0, 0.05) is 0 Å². The maximum atomic E-state index is 11.7. The minimum absolute atomic E-state index is 0.165. The number of carboxylic acids is 1. The number of carbonyl (C=O) groups excluding carboxylic acids is 3. The summed E-state index contributed by atoms with van der Waals surface area (Å²) in [6, 6.07) is 12.2.